The van der Waals surface area contributed by atoms with Gasteiger partial charge in [-0.2, -0.15) is 0 Å². The number of hydrogen-bond donors (Lipinski definition) is 1. The molecule has 7 heteroatoms. The summed E-state index contributed by atoms with van der Waals surface area (Å²) in [6.07, 6.45) is 1.41. The Morgan fingerprint density at radius 3 is 2.70 bits per heavy atom. The molecule has 0 aliphatic carbocycles. The lowest BCUT2D eigenvalue weighted by Gasteiger charge is -2.21. The Balaban J connectivity index is 2.05. The first-order valence-corrected chi connectivity index (χ1v) is 6.15. The smallest absolute Gasteiger partial charge is 0.326 e. The summed E-state index contributed by atoms with van der Waals surface area (Å²) in [6.45, 7) is 4.71. The lowest BCUT2D eigenvalue weighted by molar-refractivity contribution is -0.157. The van der Waals surface area contributed by atoms with Crippen LogP contribution >= 0.6 is 0 Å². The van der Waals surface area contributed by atoms with Gasteiger partial charge in [0.15, 0.2) is 6.04 Å². The summed E-state index contributed by atoms with van der Waals surface area (Å²) in [7, 11) is 0. The zero-order valence-electron chi connectivity index (χ0n) is 11.5. The Kier molecular flexibility index (Phi) is 3.52. The number of esters is 1. The van der Waals surface area contributed by atoms with Crippen LogP contribution in [-0.2, 0) is 14.3 Å². The van der Waals surface area contributed by atoms with E-state index in [9.17, 15) is 14.4 Å². The summed E-state index contributed by atoms with van der Waals surface area (Å²) in [5.74, 6) is -0.841. The maximum atomic E-state index is 12.1. The number of carbonyl (C=O) groups is 3. The average molecular weight is 280 g/mol. The molecule has 1 N–H and O–H groups in total. The van der Waals surface area contributed by atoms with Crippen molar-refractivity contribution in [2.45, 2.75) is 32.4 Å². The highest BCUT2D eigenvalue weighted by Crippen LogP contribution is 2.22. The number of carbonyl (C=O) groups excluding carboxylic acids is 3. The highest BCUT2D eigenvalue weighted by molar-refractivity contribution is 6.06. The van der Waals surface area contributed by atoms with Crippen molar-refractivity contribution in [2.24, 2.45) is 0 Å². The monoisotopic (exact) mass is 280 g/mol. The first-order chi connectivity index (χ1) is 9.28. The van der Waals surface area contributed by atoms with E-state index in [1.165, 1.54) is 6.26 Å². The molecule has 0 aromatic carbocycles. The maximum absolute atomic E-state index is 12.1. The van der Waals surface area contributed by atoms with E-state index in [4.69, 9.17) is 9.15 Å². The maximum Gasteiger partial charge on any atom is 0.326 e. The number of hydrogen-bond acceptors (Lipinski definition) is 5. The number of urea groups is 1. The number of rotatable bonds is 3. The van der Waals surface area contributed by atoms with E-state index >= 15 is 0 Å². The van der Waals surface area contributed by atoms with Crippen LogP contribution in [0.4, 0.5) is 4.79 Å². The van der Waals surface area contributed by atoms with Gasteiger partial charge in [0.1, 0.15) is 17.9 Å². The predicted octanol–water partition coefficient (Wildman–Crippen LogP) is 1.21. The first-order valence-electron chi connectivity index (χ1n) is 6.15. The van der Waals surface area contributed by atoms with Crippen molar-refractivity contribution < 1.29 is 23.5 Å². The molecule has 0 unspecified atom stereocenters. The fourth-order valence-electron chi connectivity index (χ4n) is 1.82. The number of amides is 3. The van der Waals surface area contributed by atoms with Crippen LogP contribution in [0.2, 0.25) is 0 Å². The molecule has 0 radical (unpaired) electrons. The van der Waals surface area contributed by atoms with Gasteiger partial charge in [-0.1, -0.05) is 0 Å². The van der Waals surface area contributed by atoms with E-state index in [-0.39, 0.29) is 0 Å². The fourth-order valence-corrected chi connectivity index (χ4v) is 1.82. The van der Waals surface area contributed by atoms with Gasteiger partial charge >= 0.3 is 12.0 Å². The molecule has 0 spiro atoms. The van der Waals surface area contributed by atoms with Crippen LogP contribution in [0.3, 0.4) is 0 Å². The molecule has 1 atom stereocenters. The summed E-state index contributed by atoms with van der Waals surface area (Å²) in [4.78, 5) is 36.3. The van der Waals surface area contributed by atoms with Gasteiger partial charge in [0.05, 0.1) is 6.26 Å². The minimum Gasteiger partial charge on any atom is -0.467 e. The molecule has 0 bridgehead atoms. The third-order valence-corrected chi connectivity index (χ3v) is 2.56. The zero-order valence-corrected chi connectivity index (χ0v) is 11.5. The first kappa shape index (κ1) is 14.1. The molecule has 1 aromatic heterocycles. The molecular weight excluding hydrogens is 264 g/mol. The standard InChI is InChI=1S/C13H16N2O5/c1-13(2,3)20-9(16)7-15-11(17)10(14-12(15)18)8-5-4-6-19-8/h4-6,10H,7H2,1-3H3,(H,14,18)/t10-/m1/s1. The lowest BCUT2D eigenvalue weighted by Crippen LogP contribution is -2.38. The molecule has 7 nitrogen and oxygen atoms in total. The van der Waals surface area contributed by atoms with Crippen molar-refractivity contribution >= 4 is 17.9 Å². The normalized spacial score (nSPS) is 19.1. The van der Waals surface area contributed by atoms with E-state index in [0.717, 1.165) is 4.90 Å². The second kappa shape index (κ2) is 4.99. The van der Waals surface area contributed by atoms with Gasteiger partial charge in [0.25, 0.3) is 5.91 Å². The topological polar surface area (TPSA) is 88.8 Å². The molecule has 108 valence electrons. The number of ether oxygens (including phenoxy) is 1. The molecule has 20 heavy (non-hydrogen) atoms. The number of furan rings is 1. The molecule has 1 saturated heterocycles. The third kappa shape index (κ3) is 2.98. The molecule has 2 rings (SSSR count). The van der Waals surface area contributed by atoms with Crippen LogP contribution in [0.1, 0.15) is 32.6 Å². The Bertz CT molecular complexity index is 529. The Morgan fingerprint density at radius 1 is 1.45 bits per heavy atom. The van der Waals surface area contributed by atoms with Gasteiger partial charge in [-0.15, -0.1) is 0 Å². The second-order valence-corrected chi connectivity index (χ2v) is 5.41. The summed E-state index contributed by atoms with van der Waals surface area (Å²) in [5, 5.41) is 2.46. The van der Waals surface area contributed by atoms with Crippen molar-refractivity contribution in [3.8, 4) is 0 Å². The van der Waals surface area contributed by atoms with Gasteiger partial charge in [-0.25, -0.2) is 4.79 Å². The van der Waals surface area contributed by atoms with E-state index in [1.54, 1.807) is 32.9 Å². The molecular formula is C13H16N2O5. The average Bonchev–Trinajstić information content (AvgIpc) is 2.90. The Hall–Kier alpha value is -2.31. The van der Waals surface area contributed by atoms with Crippen molar-refractivity contribution in [1.82, 2.24) is 10.2 Å². The predicted molar refractivity (Wildman–Crippen MR) is 67.5 cm³/mol. The highest BCUT2D eigenvalue weighted by atomic mass is 16.6. The van der Waals surface area contributed by atoms with E-state index in [2.05, 4.69) is 5.32 Å². The molecule has 1 aromatic rings. The van der Waals surface area contributed by atoms with Crippen molar-refractivity contribution in [1.29, 1.82) is 0 Å². The van der Waals surface area contributed by atoms with E-state index in [1.807, 2.05) is 0 Å². The van der Waals surface area contributed by atoms with Crippen LogP contribution in [0.5, 0.6) is 0 Å². The van der Waals surface area contributed by atoms with Crippen LogP contribution in [0.15, 0.2) is 22.8 Å². The second-order valence-electron chi connectivity index (χ2n) is 5.41. The SMILES string of the molecule is CC(C)(C)OC(=O)CN1C(=O)N[C@H](c2ccco2)C1=O. The zero-order chi connectivity index (χ0) is 14.9. The molecule has 2 heterocycles. The van der Waals surface area contributed by atoms with Gasteiger partial charge in [-0.05, 0) is 32.9 Å². The number of nitrogens with zero attached hydrogens (tertiary/aromatic N) is 1. The van der Waals surface area contributed by atoms with E-state index < -0.39 is 36.1 Å². The fraction of sp³-hybridized carbons (Fsp3) is 0.462. The minimum atomic E-state index is -0.889. The molecule has 1 aliphatic heterocycles. The summed E-state index contributed by atoms with van der Waals surface area (Å²) in [6, 6.07) is 1.67. The van der Waals surface area contributed by atoms with Crippen LogP contribution in [0, 0.1) is 0 Å². The highest BCUT2D eigenvalue weighted by Gasteiger charge is 2.41. The quantitative estimate of drug-likeness (QED) is 0.664. The van der Waals surface area contributed by atoms with Gasteiger partial charge in [0.2, 0.25) is 0 Å². The Labute approximate surface area is 115 Å². The molecule has 1 aliphatic rings. The third-order valence-electron chi connectivity index (χ3n) is 2.56. The largest absolute Gasteiger partial charge is 0.467 e. The van der Waals surface area contributed by atoms with Crippen LogP contribution < -0.4 is 5.32 Å². The molecule has 0 saturated carbocycles. The van der Waals surface area contributed by atoms with Crippen molar-refractivity contribution in [3.63, 3.8) is 0 Å². The molecule has 1 fully saturated rings. The number of imide groups is 1. The van der Waals surface area contributed by atoms with Crippen LogP contribution in [-0.4, -0.2) is 35.0 Å². The molecule has 3 amide bonds. The van der Waals surface area contributed by atoms with E-state index in [0.29, 0.717) is 5.76 Å². The Morgan fingerprint density at radius 2 is 2.15 bits per heavy atom. The van der Waals surface area contributed by atoms with Crippen molar-refractivity contribution in [2.75, 3.05) is 6.54 Å². The minimum absolute atomic E-state index is 0.329. The van der Waals surface area contributed by atoms with Crippen LogP contribution in [0.25, 0.3) is 0 Å². The lowest BCUT2D eigenvalue weighted by atomic mass is 10.2. The van der Waals surface area contributed by atoms with Gasteiger partial charge < -0.3 is 14.5 Å². The summed E-state index contributed by atoms with van der Waals surface area (Å²) >= 11 is 0. The van der Waals surface area contributed by atoms with Gasteiger partial charge in [-0.3, -0.25) is 14.5 Å². The summed E-state index contributed by atoms with van der Waals surface area (Å²) < 4.78 is 10.2. The van der Waals surface area contributed by atoms with Crippen molar-refractivity contribution in [3.05, 3.63) is 24.2 Å². The summed E-state index contributed by atoms with van der Waals surface area (Å²) in [5.41, 5.74) is -0.670. The van der Waals surface area contributed by atoms with Gasteiger partial charge in [0, 0.05) is 0 Å². The number of nitrogens with one attached hydrogen (secondary N) is 1.